The Kier molecular flexibility index (Phi) is 5.66. The van der Waals surface area contributed by atoms with Crippen molar-refractivity contribution in [2.45, 2.75) is 6.42 Å². The third-order valence-electron chi connectivity index (χ3n) is 4.15. The lowest BCUT2D eigenvalue weighted by molar-refractivity contribution is -0.137. The first-order valence-electron chi connectivity index (χ1n) is 8.19. The molecule has 1 atom stereocenters. The number of amides is 2. The van der Waals surface area contributed by atoms with Crippen molar-refractivity contribution in [1.29, 1.82) is 0 Å². The maximum atomic E-state index is 12.0. The Morgan fingerprint density at radius 1 is 1.12 bits per heavy atom. The maximum absolute atomic E-state index is 12.0. The summed E-state index contributed by atoms with van der Waals surface area (Å²) in [7, 11) is 0. The fourth-order valence-corrected chi connectivity index (χ4v) is 2.67. The van der Waals surface area contributed by atoms with E-state index >= 15 is 0 Å². The molecule has 0 aliphatic carbocycles. The Morgan fingerprint density at radius 2 is 1.88 bits per heavy atom. The number of benzene rings is 1. The number of nitrogens with one attached hydrogen (secondary N) is 1. The van der Waals surface area contributed by atoms with E-state index in [9.17, 15) is 9.59 Å². The Hall–Kier alpha value is -2.12. The van der Waals surface area contributed by atoms with E-state index in [0.29, 0.717) is 51.0 Å². The van der Waals surface area contributed by atoms with Gasteiger partial charge in [-0.3, -0.25) is 9.59 Å². The molecular formula is C17H22N2O5. The highest BCUT2D eigenvalue weighted by molar-refractivity contribution is 5.92. The third-order valence-corrected chi connectivity index (χ3v) is 4.15. The zero-order valence-corrected chi connectivity index (χ0v) is 13.5. The molecule has 3 rings (SSSR count). The van der Waals surface area contributed by atoms with Gasteiger partial charge in [-0.15, -0.1) is 0 Å². The van der Waals surface area contributed by atoms with Gasteiger partial charge in [-0.1, -0.05) is 0 Å². The highest BCUT2D eigenvalue weighted by Crippen LogP contribution is 2.19. The van der Waals surface area contributed by atoms with E-state index in [1.54, 1.807) is 29.2 Å². The average Bonchev–Trinajstić information content (AvgIpc) is 3.16. The molecule has 0 saturated carbocycles. The van der Waals surface area contributed by atoms with E-state index in [4.69, 9.17) is 14.2 Å². The molecule has 1 aromatic carbocycles. The summed E-state index contributed by atoms with van der Waals surface area (Å²) in [6.45, 7) is 3.50. The van der Waals surface area contributed by atoms with Crippen LogP contribution < -0.4 is 10.1 Å². The lowest BCUT2D eigenvalue weighted by Crippen LogP contribution is -2.42. The molecule has 7 heteroatoms. The summed E-state index contributed by atoms with van der Waals surface area (Å²) in [5.41, 5.74) is 0.707. The van der Waals surface area contributed by atoms with E-state index in [0.717, 1.165) is 6.42 Å². The van der Waals surface area contributed by atoms with E-state index in [1.807, 2.05) is 0 Å². The molecule has 0 spiro atoms. The van der Waals surface area contributed by atoms with Crippen LogP contribution in [0.5, 0.6) is 5.75 Å². The van der Waals surface area contributed by atoms with Crippen LogP contribution in [0.2, 0.25) is 0 Å². The van der Waals surface area contributed by atoms with E-state index in [1.165, 1.54) is 0 Å². The maximum Gasteiger partial charge on any atom is 0.260 e. The largest absolute Gasteiger partial charge is 0.484 e. The molecule has 0 aromatic heterocycles. The summed E-state index contributed by atoms with van der Waals surface area (Å²) < 4.78 is 15.9. The second-order valence-electron chi connectivity index (χ2n) is 5.86. The van der Waals surface area contributed by atoms with Crippen molar-refractivity contribution in [2.75, 3.05) is 51.4 Å². The first kappa shape index (κ1) is 16.7. The van der Waals surface area contributed by atoms with Crippen molar-refractivity contribution in [3.63, 3.8) is 0 Å². The Morgan fingerprint density at radius 3 is 2.54 bits per heavy atom. The van der Waals surface area contributed by atoms with Crippen molar-refractivity contribution < 1.29 is 23.8 Å². The molecule has 2 aliphatic rings. The summed E-state index contributed by atoms with van der Waals surface area (Å²) in [6, 6.07) is 7.02. The molecule has 130 valence electrons. The van der Waals surface area contributed by atoms with E-state index in [2.05, 4.69) is 5.32 Å². The molecule has 1 unspecified atom stereocenters. The molecule has 0 radical (unpaired) electrons. The second-order valence-corrected chi connectivity index (χ2v) is 5.86. The van der Waals surface area contributed by atoms with Crippen molar-refractivity contribution in [1.82, 2.24) is 4.90 Å². The number of anilines is 1. The van der Waals surface area contributed by atoms with Crippen molar-refractivity contribution in [3.8, 4) is 5.75 Å². The minimum Gasteiger partial charge on any atom is -0.484 e. The lowest BCUT2D eigenvalue weighted by Gasteiger charge is -2.26. The second kappa shape index (κ2) is 8.12. The van der Waals surface area contributed by atoms with Crippen LogP contribution in [0.15, 0.2) is 24.3 Å². The molecule has 24 heavy (non-hydrogen) atoms. The van der Waals surface area contributed by atoms with Gasteiger partial charge in [0, 0.05) is 25.4 Å². The molecule has 2 amide bonds. The monoisotopic (exact) mass is 334 g/mol. The van der Waals surface area contributed by atoms with Crippen LogP contribution in [0, 0.1) is 5.92 Å². The summed E-state index contributed by atoms with van der Waals surface area (Å²) in [4.78, 5) is 25.8. The topological polar surface area (TPSA) is 77.1 Å². The van der Waals surface area contributed by atoms with Gasteiger partial charge < -0.3 is 24.4 Å². The van der Waals surface area contributed by atoms with Gasteiger partial charge in [-0.2, -0.15) is 0 Å². The smallest absolute Gasteiger partial charge is 0.260 e. The summed E-state index contributed by atoms with van der Waals surface area (Å²) >= 11 is 0. The molecule has 2 heterocycles. The molecule has 2 aliphatic heterocycles. The highest BCUT2D eigenvalue weighted by Gasteiger charge is 2.23. The SMILES string of the molecule is O=C(Nc1ccc(OCC(=O)N2CCOCC2)cc1)C1CCOC1. The normalized spacial score (nSPS) is 20.7. The minimum absolute atomic E-state index is 0.00508. The van der Waals surface area contributed by atoms with Crippen molar-refractivity contribution in [3.05, 3.63) is 24.3 Å². The van der Waals surface area contributed by atoms with E-state index in [-0.39, 0.29) is 24.3 Å². The Bertz CT molecular complexity index is 563. The molecular weight excluding hydrogens is 312 g/mol. The standard InChI is InChI=1S/C17H22N2O5/c20-16(19-6-9-22-10-7-19)12-24-15-3-1-14(2-4-15)18-17(21)13-5-8-23-11-13/h1-4,13H,5-12H2,(H,18,21). The molecule has 0 bridgehead atoms. The average molecular weight is 334 g/mol. The number of hydrogen-bond donors (Lipinski definition) is 1. The zero-order valence-electron chi connectivity index (χ0n) is 13.5. The van der Waals surface area contributed by atoms with Crippen LogP contribution in [0.4, 0.5) is 5.69 Å². The van der Waals surface area contributed by atoms with Crippen LogP contribution in [-0.2, 0) is 19.1 Å². The molecule has 7 nitrogen and oxygen atoms in total. The first-order valence-corrected chi connectivity index (χ1v) is 8.19. The van der Waals surface area contributed by atoms with Crippen LogP contribution in [0.25, 0.3) is 0 Å². The van der Waals surface area contributed by atoms with Gasteiger partial charge in [0.25, 0.3) is 5.91 Å². The van der Waals surface area contributed by atoms with Crippen LogP contribution in [0.1, 0.15) is 6.42 Å². The summed E-state index contributed by atoms with van der Waals surface area (Å²) in [6.07, 6.45) is 0.761. The number of hydrogen-bond acceptors (Lipinski definition) is 5. The Balaban J connectivity index is 1.45. The highest BCUT2D eigenvalue weighted by atomic mass is 16.5. The number of morpholine rings is 1. The number of carbonyl (C=O) groups excluding carboxylic acids is 2. The van der Waals surface area contributed by atoms with Gasteiger partial charge in [-0.05, 0) is 30.7 Å². The van der Waals surface area contributed by atoms with Crippen molar-refractivity contribution in [2.24, 2.45) is 5.92 Å². The number of rotatable bonds is 5. The van der Waals surface area contributed by atoms with Gasteiger partial charge in [0.15, 0.2) is 6.61 Å². The lowest BCUT2D eigenvalue weighted by atomic mass is 10.1. The van der Waals surface area contributed by atoms with Gasteiger partial charge >= 0.3 is 0 Å². The van der Waals surface area contributed by atoms with Gasteiger partial charge in [0.1, 0.15) is 5.75 Å². The fourth-order valence-electron chi connectivity index (χ4n) is 2.67. The summed E-state index contributed by atoms with van der Waals surface area (Å²) in [5, 5.41) is 2.86. The molecule has 1 N–H and O–H groups in total. The number of nitrogens with zero attached hydrogens (tertiary/aromatic N) is 1. The van der Waals surface area contributed by atoms with E-state index < -0.39 is 0 Å². The predicted octanol–water partition coefficient (Wildman–Crippen LogP) is 0.899. The van der Waals surface area contributed by atoms with Crippen LogP contribution in [-0.4, -0.2) is 62.8 Å². The molecule has 1 aromatic rings. The Labute approximate surface area is 140 Å². The van der Waals surface area contributed by atoms with Gasteiger partial charge in [-0.25, -0.2) is 0 Å². The van der Waals surface area contributed by atoms with Crippen molar-refractivity contribution >= 4 is 17.5 Å². The predicted molar refractivity (Wildman–Crippen MR) is 86.9 cm³/mol. The van der Waals surface area contributed by atoms with Gasteiger partial charge in [0.05, 0.1) is 25.7 Å². The minimum atomic E-state index is -0.0768. The quantitative estimate of drug-likeness (QED) is 0.866. The number of ether oxygens (including phenoxy) is 3. The third kappa shape index (κ3) is 4.46. The first-order chi connectivity index (χ1) is 11.7. The van der Waals surface area contributed by atoms with Gasteiger partial charge in [0.2, 0.25) is 5.91 Å². The number of carbonyl (C=O) groups is 2. The van der Waals surface area contributed by atoms with Crippen LogP contribution >= 0.6 is 0 Å². The molecule has 2 fully saturated rings. The summed E-state index contributed by atoms with van der Waals surface area (Å²) in [5.74, 6) is 0.450. The van der Waals surface area contributed by atoms with Crippen LogP contribution in [0.3, 0.4) is 0 Å². The zero-order chi connectivity index (χ0) is 16.8. The fraction of sp³-hybridized carbons (Fsp3) is 0.529. The molecule has 2 saturated heterocycles.